The van der Waals surface area contributed by atoms with Gasteiger partial charge in [-0.1, -0.05) is 12.1 Å². The predicted molar refractivity (Wildman–Crippen MR) is 85.4 cm³/mol. The van der Waals surface area contributed by atoms with Crippen molar-refractivity contribution in [2.24, 2.45) is 0 Å². The predicted octanol–water partition coefficient (Wildman–Crippen LogP) is 1.88. The summed E-state index contributed by atoms with van der Waals surface area (Å²) in [6.45, 7) is 4.44. The Morgan fingerprint density at radius 3 is 2.95 bits per heavy atom. The number of piperidine rings is 1. The third-order valence-electron chi connectivity index (χ3n) is 3.27. The Morgan fingerprint density at radius 2 is 2.27 bits per heavy atom. The van der Waals surface area contributed by atoms with Gasteiger partial charge in [0, 0.05) is 25.1 Å². The molecule has 118 valence electrons. The summed E-state index contributed by atoms with van der Waals surface area (Å²) in [5.74, 6) is 0.673. The molecule has 1 aromatic rings. The third kappa shape index (κ3) is 5.24. The van der Waals surface area contributed by atoms with E-state index in [1.807, 2.05) is 38.1 Å². The van der Waals surface area contributed by atoms with Crippen LogP contribution in [0.2, 0.25) is 0 Å². The molecule has 0 saturated carbocycles. The standard InChI is InChI=1S/C17H22N2O3/c1-12(2)22-15-5-3-4-13(10-15)6-8-17(21)19-14-7-9-16(20)18-11-14/h3-6,8,10,12,14H,7,9,11H2,1-2H3,(H,18,20)(H,19,21)/b8-6-/t14-/m1/s1. The van der Waals surface area contributed by atoms with E-state index >= 15 is 0 Å². The van der Waals surface area contributed by atoms with Crippen LogP contribution >= 0.6 is 0 Å². The lowest BCUT2D eigenvalue weighted by molar-refractivity contribution is -0.124. The molecule has 1 atom stereocenters. The molecule has 22 heavy (non-hydrogen) atoms. The Kier molecular flexibility index (Phi) is 5.58. The van der Waals surface area contributed by atoms with Gasteiger partial charge in [0.15, 0.2) is 0 Å². The number of ether oxygens (including phenoxy) is 1. The number of hydrogen-bond acceptors (Lipinski definition) is 3. The minimum atomic E-state index is -0.156. The number of hydrogen-bond donors (Lipinski definition) is 2. The molecule has 0 unspecified atom stereocenters. The van der Waals surface area contributed by atoms with E-state index in [-0.39, 0.29) is 24.0 Å². The van der Waals surface area contributed by atoms with E-state index in [4.69, 9.17) is 4.74 Å². The number of nitrogens with one attached hydrogen (secondary N) is 2. The summed E-state index contributed by atoms with van der Waals surface area (Å²) >= 11 is 0. The Morgan fingerprint density at radius 1 is 1.45 bits per heavy atom. The summed E-state index contributed by atoms with van der Waals surface area (Å²) in [5, 5.41) is 5.63. The molecule has 1 fully saturated rings. The maximum Gasteiger partial charge on any atom is 0.244 e. The maximum atomic E-state index is 11.9. The van der Waals surface area contributed by atoms with Crippen molar-refractivity contribution in [2.45, 2.75) is 38.8 Å². The van der Waals surface area contributed by atoms with Crippen LogP contribution in [-0.4, -0.2) is 30.5 Å². The first-order valence-corrected chi connectivity index (χ1v) is 7.55. The summed E-state index contributed by atoms with van der Waals surface area (Å²) in [6, 6.07) is 7.60. The molecule has 0 aromatic heterocycles. The van der Waals surface area contributed by atoms with Gasteiger partial charge >= 0.3 is 0 Å². The SMILES string of the molecule is CC(C)Oc1cccc(/C=C\C(=O)N[C@@H]2CCC(=O)NC2)c1. The molecule has 0 radical (unpaired) electrons. The van der Waals surface area contributed by atoms with Gasteiger partial charge in [-0.2, -0.15) is 0 Å². The number of rotatable bonds is 5. The second-order valence-corrected chi connectivity index (χ2v) is 5.62. The number of benzene rings is 1. The molecule has 1 aliphatic rings. The fourth-order valence-corrected chi connectivity index (χ4v) is 2.24. The van der Waals surface area contributed by atoms with Crippen molar-refractivity contribution >= 4 is 17.9 Å². The Bertz CT molecular complexity index is 557. The van der Waals surface area contributed by atoms with E-state index in [1.165, 1.54) is 6.08 Å². The molecule has 5 nitrogen and oxygen atoms in total. The topological polar surface area (TPSA) is 67.4 Å². The summed E-state index contributed by atoms with van der Waals surface area (Å²) in [6.07, 6.45) is 4.52. The fourth-order valence-electron chi connectivity index (χ4n) is 2.24. The third-order valence-corrected chi connectivity index (χ3v) is 3.27. The molecule has 2 amide bonds. The molecule has 1 aromatic carbocycles. The largest absolute Gasteiger partial charge is 0.491 e. The summed E-state index contributed by atoms with van der Waals surface area (Å²) in [5.41, 5.74) is 0.908. The van der Waals surface area contributed by atoms with E-state index < -0.39 is 0 Å². The van der Waals surface area contributed by atoms with Gasteiger partial charge in [-0.25, -0.2) is 0 Å². The molecule has 0 bridgehead atoms. The van der Waals surface area contributed by atoms with Gasteiger partial charge in [0.25, 0.3) is 0 Å². The van der Waals surface area contributed by atoms with Gasteiger partial charge in [0.2, 0.25) is 11.8 Å². The first-order valence-electron chi connectivity index (χ1n) is 7.55. The molecular formula is C17H22N2O3. The van der Waals surface area contributed by atoms with E-state index in [0.717, 1.165) is 11.3 Å². The molecule has 2 rings (SSSR count). The number of carbonyl (C=O) groups excluding carboxylic acids is 2. The van der Waals surface area contributed by atoms with E-state index in [0.29, 0.717) is 19.4 Å². The molecule has 1 saturated heterocycles. The van der Waals surface area contributed by atoms with Crippen LogP contribution in [0.25, 0.3) is 6.08 Å². The number of carbonyl (C=O) groups is 2. The van der Waals surface area contributed by atoms with Gasteiger partial charge < -0.3 is 15.4 Å². The van der Waals surface area contributed by atoms with Crippen molar-refractivity contribution in [3.8, 4) is 5.75 Å². The van der Waals surface area contributed by atoms with Crippen molar-refractivity contribution in [3.63, 3.8) is 0 Å². The van der Waals surface area contributed by atoms with Crippen molar-refractivity contribution in [3.05, 3.63) is 35.9 Å². The van der Waals surface area contributed by atoms with Gasteiger partial charge in [-0.15, -0.1) is 0 Å². The van der Waals surface area contributed by atoms with E-state index in [2.05, 4.69) is 10.6 Å². The Labute approximate surface area is 130 Å². The van der Waals surface area contributed by atoms with Crippen molar-refractivity contribution < 1.29 is 14.3 Å². The van der Waals surface area contributed by atoms with Gasteiger partial charge in [-0.05, 0) is 44.0 Å². The minimum absolute atomic E-state index is 0.00505. The van der Waals surface area contributed by atoms with Crippen molar-refractivity contribution in [1.29, 1.82) is 0 Å². The van der Waals surface area contributed by atoms with Gasteiger partial charge in [0.05, 0.1) is 6.10 Å². The number of amides is 2. The lowest BCUT2D eigenvalue weighted by Crippen LogP contribution is -2.47. The zero-order valence-corrected chi connectivity index (χ0v) is 13.0. The highest BCUT2D eigenvalue weighted by Gasteiger charge is 2.18. The Hall–Kier alpha value is -2.30. The maximum absolute atomic E-state index is 11.9. The summed E-state index contributed by atoms with van der Waals surface area (Å²) in [7, 11) is 0. The average molecular weight is 302 g/mol. The molecule has 1 aliphatic heterocycles. The highest BCUT2D eigenvalue weighted by molar-refractivity contribution is 5.92. The van der Waals surface area contributed by atoms with Gasteiger partial charge in [0.1, 0.15) is 5.75 Å². The van der Waals surface area contributed by atoms with Crippen LogP contribution in [0.4, 0.5) is 0 Å². The quantitative estimate of drug-likeness (QED) is 0.816. The van der Waals surface area contributed by atoms with Crippen LogP contribution < -0.4 is 15.4 Å². The first-order chi connectivity index (χ1) is 10.5. The lowest BCUT2D eigenvalue weighted by Gasteiger charge is -2.22. The fraction of sp³-hybridized carbons (Fsp3) is 0.412. The molecule has 0 spiro atoms. The second kappa shape index (κ2) is 7.64. The van der Waals surface area contributed by atoms with Crippen molar-refractivity contribution in [2.75, 3.05) is 6.54 Å². The van der Waals surface area contributed by atoms with Gasteiger partial charge in [-0.3, -0.25) is 9.59 Å². The van der Waals surface area contributed by atoms with Crippen molar-refractivity contribution in [1.82, 2.24) is 10.6 Å². The normalized spacial score (nSPS) is 18.3. The highest BCUT2D eigenvalue weighted by Crippen LogP contribution is 2.15. The van der Waals surface area contributed by atoms with Crippen LogP contribution in [0.3, 0.4) is 0 Å². The van der Waals surface area contributed by atoms with E-state index in [1.54, 1.807) is 6.08 Å². The summed E-state index contributed by atoms with van der Waals surface area (Å²) in [4.78, 5) is 23.0. The van der Waals surface area contributed by atoms with Crippen LogP contribution in [-0.2, 0) is 9.59 Å². The average Bonchev–Trinajstić information content (AvgIpc) is 2.47. The van der Waals surface area contributed by atoms with Crippen LogP contribution in [0, 0.1) is 0 Å². The molecule has 2 N–H and O–H groups in total. The zero-order valence-electron chi connectivity index (χ0n) is 13.0. The Balaban J connectivity index is 1.88. The van der Waals surface area contributed by atoms with Crippen LogP contribution in [0.1, 0.15) is 32.3 Å². The van der Waals surface area contributed by atoms with E-state index in [9.17, 15) is 9.59 Å². The molecular weight excluding hydrogens is 280 g/mol. The smallest absolute Gasteiger partial charge is 0.244 e. The molecule has 5 heteroatoms. The first kappa shape index (κ1) is 16.1. The minimum Gasteiger partial charge on any atom is -0.491 e. The zero-order chi connectivity index (χ0) is 15.9. The lowest BCUT2D eigenvalue weighted by atomic mass is 10.1. The summed E-state index contributed by atoms with van der Waals surface area (Å²) < 4.78 is 5.62. The molecule has 1 heterocycles. The highest BCUT2D eigenvalue weighted by atomic mass is 16.5. The van der Waals surface area contributed by atoms with Crippen LogP contribution in [0.15, 0.2) is 30.3 Å². The molecule has 0 aliphatic carbocycles. The second-order valence-electron chi connectivity index (χ2n) is 5.62. The van der Waals surface area contributed by atoms with Crippen LogP contribution in [0.5, 0.6) is 5.75 Å². The monoisotopic (exact) mass is 302 g/mol.